The summed E-state index contributed by atoms with van der Waals surface area (Å²) in [5.74, 6) is -1.20. The third-order valence-corrected chi connectivity index (χ3v) is 5.01. The Balaban J connectivity index is 1.84. The van der Waals surface area contributed by atoms with E-state index in [1.165, 1.54) is 19.1 Å². The molecule has 0 radical (unpaired) electrons. The quantitative estimate of drug-likeness (QED) is 0.658. The number of carbonyl (C=O) groups excluding carboxylic acids is 2. The van der Waals surface area contributed by atoms with Crippen molar-refractivity contribution in [3.63, 3.8) is 0 Å². The molecule has 9 heteroatoms. The number of esters is 1. The molecule has 1 fully saturated rings. The molecule has 1 saturated carbocycles. The minimum Gasteiger partial charge on any atom is -0.452 e. The van der Waals surface area contributed by atoms with Gasteiger partial charge in [-0.15, -0.1) is 0 Å². The van der Waals surface area contributed by atoms with Crippen molar-refractivity contribution in [2.24, 2.45) is 0 Å². The van der Waals surface area contributed by atoms with Gasteiger partial charge >= 0.3 is 5.97 Å². The van der Waals surface area contributed by atoms with Gasteiger partial charge in [-0.25, -0.2) is 8.42 Å². The fourth-order valence-electron chi connectivity index (χ4n) is 1.71. The molecular weight excluding hydrogens is 388 g/mol. The summed E-state index contributed by atoms with van der Waals surface area (Å²) in [6, 6.07) is 6.25. The summed E-state index contributed by atoms with van der Waals surface area (Å²) < 4.78 is 31.7. The first-order valence-electron chi connectivity index (χ1n) is 7.03. The number of ether oxygens (including phenoxy) is 1. The van der Waals surface area contributed by atoms with Crippen LogP contribution in [0.1, 0.15) is 19.8 Å². The molecular formula is C14H17BrN2O5S. The zero-order valence-electron chi connectivity index (χ0n) is 12.4. The number of halogens is 1. The Kier molecular flexibility index (Phi) is 5.77. The second-order valence-electron chi connectivity index (χ2n) is 5.20. The maximum atomic E-state index is 12.0. The highest BCUT2D eigenvalue weighted by molar-refractivity contribution is 9.10. The van der Waals surface area contributed by atoms with E-state index in [2.05, 4.69) is 26.0 Å². The van der Waals surface area contributed by atoms with Crippen LogP contribution in [0.2, 0.25) is 0 Å². The van der Waals surface area contributed by atoms with E-state index < -0.39 is 28.6 Å². The molecule has 0 saturated heterocycles. The van der Waals surface area contributed by atoms with E-state index in [0.717, 1.165) is 12.8 Å². The van der Waals surface area contributed by atoms with E-state index in [0.29, 0.717) is 4.47 Å². The first-order chi connectivity index (χ1) is 10.8. The molecule has 7 nitrogen and oxygen atoms in total. The van der Waals surface area contributed by atoms with E-state index in [4.69, 9.17) is 4.74 Å². The average molecular weight is 405 g/mol. The number of benzene rings is 1. The topological polar surface area (TPSA) is 102 Å². The first kappa shape index (κ1) is 17.9. The van der Waals surface area contributed by atoms with Gasteiger partial charge in [-0.1, -0.05) is 22.0 Å². The lowest BCUT2D eigenvalue weighted by atomic mass is 10.3. The van der Waals surface area contributed by atoms with Gasteiger partial charge in [-0.05, 0) is 38.0 Å². The van der Waals surface area contributed by atoms with Crippen molar-refractivity contribution in [2.75, 3.05) is 6.54 Å². The summed E-state index contributed by atoms with van der Waals surface area (Å²) in [7, 11) is -3.82. The Morgan fingerprint density at radius 3 is 2.70 bits per heavy atom. The van der Waals surface area contributed by atoms with Gasteiger partial charge in [0.15, 0.2) is 6.10 Å². The largest absolute Gasteiger partial charge is 0.452 e. The predicted molar refractivity (Wildman–Crippen MR) is 86.0 cm³/mol. The fraction of sp³-hybridized carbons (Fsp3) is 0.429. The Morgan fingerprint density at radius 2 is 2.09 bits per heavy atom. The monoisotopic (exact) mass is 404 g/mol. The van der Waals surface area contributed by atoms with Gasteiger partial charge < -0.3 is 10.1 Å². The van der Waals surface area contributed by atoms with Crippen LogP contribution in [0.25, 0.3) is 0 Å². The minimum atomic E-state index is -3.82. The molecule has 0 bridgehead atoms. The standard InChI is InChI=1S/C14H17BrN2O5S/c1-9(14(19)17-11-5-6-11)22-13(18)8-16-23(20,21)12-4-2-3-10(15)7-12/h2-4,7,9,11,16H,5-6,8H2,1H3,(H,17,19). The van der Waals surface area contributed by atoms with Crippen LogP contribution >= 0.6 is 15.9 Å². The fourth-order valence-corrected chi connectivity index (χ4v) is 3.28. The Morgan fingerprint density at radius 1 is 1.39 bits per heavy atom. The maximum Gasteiger partial charge on any atom is 0.321 e. The smallest absolute Gasteiger partial charge is 0.321 e. The normalized spacial score (nSPS) is 15.7. The maximum absolute atomic E-state index is 12.0. The highest BCUT2D eigenvalue weighted by Gasteiger charge is 2.27. The molecule has 0 spiro atoms. The number of nitrogens with one attached hydrogen (secondary N) is 2. The third-order valence-electron chi connectivity index (χ3n) is 3.11. The van der Waals surface area contributed by atoms with Crippen molar-refractivity contribution in [2.45, 2.75) is 36.8 Å². The molecule has 23 heavy (non-hydrogen) atoms. The average Bonchev–Trinajstić information content (AvgIpc) is 3.29. The number of carbonyl (C=O) groups is 2. The first-order valence-corrected chi connectivity index (χ1v) is 9.30. The molecule has 126 valence electrons. The van der Waals surface area contributed by atoms with Gasteiger partial charge in [0.1, 0.15) is 6.54 Å². The van der Waals surface area contributed by atoms with Gasteiger partial charge in [-0.2, -0.15) is 4.72 Å². The van der Waals surface area contributed by atoms with Crippen LogP contribution in [0.3, 0.4) is 0 Å². The van der Waals surface area contributed by atoms with Crippen molar-refractivity contribution in [3.8, 4) is 0 Å². The van der Waals surface area contributed by atoms with Gasteiger partial charge in [0.05, 0.1) is 4.90 Å². The lowest BCUT2D eigenvalue weighted by Gasteiger charge is -2.13. The molecule has 1 aliphatic rings. The summed E-state index contributed by atoms with van der Waals surface area (Å²) in [4.78, 5) is 23.3. The molecule has 2 rings (SSSR count). The van der Waals surface area contributed by atoms with Crippen LogP contribution in [0.4, 0.5) is 0 Å². The van der Waals surface area contributed by atoms with E-state index >= 15 is 0 Å². The van der Waals surface area contributed by atoms with Crippen molar-refractivity contribution in [1.29, 1.82) is 0 Å². The van der Waals surface area contributed by atoms with Crippen LogP contribution in [0.5, 0.6) is 0 Å². The van der Waals surface area contributed by atoms with Crippen molar-refractivity contribution < 1.29 is 22.7 Å². The molecule has 1 amide bonds. The second-order valence-corrected chi connectivity index (χ2v) is 7.88. The van der Waals surface area contributed by atoms with E-state index in [1.807, 2.05) is 0 Å². The van der Waals surface area contributed by atoms with Crippen molar-refractivity contribution in [3.05, 3.63) is 28.7 Å². The van der Waals surface area contributed by atoms with Crippen LogP contribution in [-0.2, 0) is 24.3 Å². The molecule has 1 unspecified atom stereocenters. The molecule has 0 heterocycles. The molecule has 1 aliphatic carbocycles. The van der Waals surface area contributed by atoms with Crippen LogP contribution < -0.4 is 10.0 Å². The van der Waals surface area contributed by atoms with E-state index in [-0.39, 0.29) is 16.8 Å². The summed E-state index contributed by atoms with van der Waals surface area (Å²) in [6.45, 7) is 0.897. The predicted octanol–water partition coefficient (Wildman–Crippen LogP) is 0.938. The van der Waals surface area contributed by atoms with Crippen LogP contribution in [0.15, 0.2) is 33.6 Å². The number of rotatable bonds is 7. The lowest BCUT2D eigenvalue weighted by molar-refractivity contribution is -0.153. The summed E-state index contributed by atoms with van der Waals surface area (Å²) in [6.07, 6.45) is 0.899. The molecule has 1 aromatic carbocycles. The Labute approximate surface area is 143 Å². The molecule has 0 aromatic heterocycles. The number of amides is 1. The second kappa shape index (κ2) is 7.41. The highest BCUT2D eigenvalue weighted by atomic mass is 79.9. The lowest BCUT2D eigenvalue weighted by Crippen LogP contribution is -2.39. The Bertz CT molecular complexity index is 703. The molecule has 0 aliphatic heterocycles. The summed E-state index contributed by atoms with van der Waals surface area (Å²) in [5.41, 5.74) is 0. The SMILES string of the molecule is CC(OC(=O)CNS(=O)(=O)c1cccc(Br)c1)C(=O)NC1CC1. The summed E-state index contributed by atoms with van der Waals surface area (Å²) >= 11 is 3.18. The van der Waals surface area contributed by atoms with Gasteiger partial charge in [0.2, 0.25) is 10.0 Å². The molecule has 2 N–H and O–H groups in total. The van der Waals surface area contributed by atoms with E-state index in [9.17, 15) is 18.0 Å². The zero-order valence-corrected chi connectivity index (χ0v) is 14.8. The Hall–Kier alpha value is -1.45. The zero-order chi connectivity index (χ0) is 17.0. The number of sulfonamides is 1. The van der Waals surface area contributed by atoms with Gasteiger partial charge in [0, 0.05) is 10.5 Å². The molecule has 1 atom stereocenters. The highest BCUT2D eigenvalue weighted by Crippen LogP contribution is 2.19. The van der Waals surface area contributed by atoms with Crippen molar-refractivity contribution >= 4 is 37.8 Å². The number of hydrogen-bond acceptors (Lipinski definition) is 5. The van der Waals surface area contributed by atoms with Gasteiger partial charge in [0.25, 0.3) is 5.91 Å². The molecule has 1 aromatic rings. The summed E-state index contributed by atoms with van der Waals surface area (Å²) in [5, 5.41) is 2.70. The van der Waals surface area contributed by atoms with Crippen LogP contribution in [-0.4, -0.2) is 39.0 Å². The van der Waals surface area contributed by atoms with Crippen molar-refractivity contribution in [1.82, 2.24) is 10.0 Å². The van der Waals surface area contributed by atoms with E-state index in [1.54, 1.807) is 12.1 Å². The van der Waals surface area contributed by atoms with Gasteiger partial charge in [-0.3, -0.25) is 9.59 Å². The minimum absolute atomic E-state index is 0.0270. The van der Waals surface area contributed by atoms with Crippen LogP contribution in [0, 0.1) is 0 Å². The number of hydrogen-bond donors (Lipinski definition) is 2. The third kappa shape index (κ3) is 5.60.